The summed E-state index contributed by atoms with van der Waals surface area (Å²) in [6, 6.07) is 7.99. The van der Waals surface area contributed by atoms with Crippen LogP contribution in [0.5, 0.6) is 0 Å². The SMILES string of the molecule is NCCCCn1nnc2ccccc21. The fraction of sp³-hybridized carbons (Fsp3) is 0.400. The third kappa shape index (κ3) is 1.75. The Bertz CT molecular complexity index is 407. The zero-order valence-corrected chi connectivity index (χ0v) is 8.06. The Kier molecular flexibility index (Phi) is 2.74. The summed E-state index contributed by atoms with van der Waals surface area (Å²) >= 11 is 0. The summed E-state index contributed by atoms with van der Waals surface area (Å²) in [6.07, 6.45) is 2.10. The van der Waals surface area contributed by atoms with E-state index in [1.165, 1.54) is 0 Å². The van der Waals surface area contributed by atoms with Gasteiger partial charge in [0.05, 0.1) is 5.52 Å². The maximum atomic E-state index is 5.44. The smallest absolute Gasteiger partial charge is 0.113 e. The van der Waals surface area contributed by atoms with Crippen LogP contribution in [0.2, 0.25) is 0 Å². The Morgan fingerprint density at radius 3 is 2.93 bits per heavy atom. The Labute approximate surface area is 82.7 Å². The van der Waals surface area contributed by atoms with Gasteiger partial charge in [-0.1, -0.05) is 17.3 Å². The largest absolute Gasteiger partial charge is 0.330 e. The molecule has 0 aliphatic rings. The lowest BCUT2D eigenvalue weighted by molar-refractivity contribution is 0.558. The lowest BCUT2D eigenvalue weighted by atomic mass is 10.3. The van der Waals surface area contributed by atoms with Gasteiger partial charge in [0, 0.05) is 6.54 Å². The molecule has 1 heterocycles. The number of benzene rings is 1. The van der Waals surface area contributed by atoms with Crippen molar-refractivity contribution in [2.24, 2.45) is 5.73 Å². The average molecular weight is 190 g/mol. The van der Waals surface area contributed by atoms with Gasteiger partial charge in [0.1, 0.15) is 5.52 Å². The van der Waals surface area contributed by atoms with Crippen molar-refractivity contribution in [3.8, 4) is 0 Å². The second kappa shape index (κ2) is 4.19. The van der Waals surface area contributed by atoms with Gasteiger partial charge in [-0.15, -0.1) is 5.10 Å². The van der Waals surface area contributed by atoms with Crippen LogP contribution in [-0.4, -0.2) is 21.5 Å². The molecular weight excluding hydrogens is 176 g/mol. The van der Waals surface area contributed by atoms with E-state index in [4.69, 9.17) is 5.73 Å². The predicted octanol–water partition coefficient (Wildman–Crippen LogP) is 1.17. The minimum Gasteiger partial charge on any atom is -0.330 e. The molecule has 2 rings (SSSR count). The summed E-state index contributed by atoms with van der Waals surface area (Å²) < 4.78 is 1.94. The Morgan fingerprint density at radius 1 is 1.21 bits per heavy atom. The molecule has 0 saturated heterocycles. The highest BCUT2D eigenvalue weighted by atomic mass is 15.4. The van der Waals surface area contributed by atoms with Gasteiger partial charge in [-0.25, -0.2) is 4.68 Å². The van der Waals surface area contributed by atoms with Crippen molar-refractivity contribution in [3.05, 3.63) is 24.3 Å². The van der Waals surface area contributed by atoms with Crippen LogP contribution in [0.3, 0.4) is 0 Å². The highest BCUT2D eigenvalue weighted by Crippen LogP contribution is 2.10. The monoisotopic (exact) mass is 190 g/mol. The fourth-order valence-electron chi connectivity index (χ4n) is 1.49. The van der Waals surface area contributed by atoms with E-state index >= 15 is 0 Å². The first-order valence-electron chi connectivity index (χ1n) is 4.90. The first kappa shape index (κ1) is 9.15. The molecule has 0 amide bonds. The molecule has 2 aromatic rings. The first-order valence-corrected chi connectivity index (χ1v) is 4.90. The van der Waals surface area contributed by atoms with E-state index in [0.717, 1.165) is 37.0 Å². The summed E-state index contributed by atoms with van der Waals surface area (Å²) in [4.78, 5) is 0. The molecule has 0 radical (unpaired) electrons. The molecular formula is C10H14N4. The molecule has 74 valence electrons. The van der Waals surface area contributed by atoms with Crippen LogP contribution in [0.15, 0.2) is 24.3 Å². The van der Waals surface area contributed by atoms with Gasteiger partial charge in [0.25, 0.3) is 0 Å². The third-order valence-corrected chi connectivity index (χ3v) is 2.24. The van der Waals surface area contributed by atoms with Crippen LogP contribution in [0.4, 0.5) is 0 Å². The minimum atomic E-state index is 0.743. The van der Waals surface area contributed by atoms with Crippen molar-refractivity contribution < 1.29 is 0 Å². The standard InChI is InChI=1S/C10H14N4/c11-7-3-4-8-14-10-6-2-1-5-9(10)12-13-14/h1-2,5-6H,3-4,7-8,11H2. The van der Waals surface area contributed by atoms with Gasteiger partial charge in [-0.05, 0) is 31.5 Å². The number of hydrogen-bond donors (Lipinski definition) is 1. The summed E-state index contributed by atoms with van der Waals surface area (Å²) in [5, 5.41) is 8.17. The Hall–Kier alpha value is -1.42. The molecule has 0 aliphatic carbocycles. The molecule has 0 saturated carbocycles. The van der Waals surface area contributed by atoms with Gasteiger partial charge in [0.15, 0.2) is 0 Å². The van der Waals surface area contributed by atoms with Crippen LogP contribution >= 0.6 is 0 Å². The quantitative estimate of drug-likeness (QED) is 0.736. The molecule has 0 bridgehead atoms. The maximum absolute atomic E-state index is 5.44. The molecule has 0 atom stereocenters. The lowest BCUT2D eigenvalue weighted by Crippen LogP contribution is -2.04. The van der Waals surface area contributed by atoms with E-state index in [9.17, 15) is 0 Å². The zero-order valence-electron chi connectivity index (χ0n) is 8.06. The van der Waals surface area contributed by atoms with E-state index < -0.39 is 0 Å². The van der Waals surface area contributed by atoms with Crippen LogP contribution in [0.25, 0.3) is 11.0 Å². The Balaban J connectivity index is 2.17. The molecule has 0 unspecified atom stereocenters. The number of rotatable bonds is 4. The minimum absolute atomic E-state index is 0.743. The highest BCUT2D eigenvalue weighted by Gasteiger charge is 2.01. The maximum Gasteiger partial charge on any atom is 0.113 e. The molecule has 0 fully saturated rings. The van der Waals surface area contributed by atoms with Crippen molar-refractivity contribution in [3.63, 3.8) is 0 Å². The van der Waals surface area contributed by atoms with Crippen molar-refractivity contribution in [1.29, 1.82) is 0 Å². The van der Waals surface area contributed by atoms with Crippen LogP contribution < -0.4 is 5.73 Å². The number of para-hydroxylation sites is 1. The topological polar surface area (TPSA) is 56.7 Å². The number of aryl methyl sites for hydroxylation is 1. The van der Waals surface area contributed by atoms with Crippen molar-refractivity contribution in [2.75, 3.05) is 6.54 Å². The first-order chi connectivity index (χ1) is 6.92. The molecule has 0 aliphatic heterocycles. The molecule has 14 heavy (non-hydrogen) atoms. The van der Waals surface area contributed by atoms with Gasteiger partial charge < -0.3 is 5.73 Å². The lowest BCUT2D eigenvalue weighted by Gasteiger charge is -2.00. The molecule has 2 N–H and O–H groups in total. The van der Waals surface area contributed by atoms with Crippen molar-refractivity contribution in [1.82, 2.24) is 15.0 Å². The van der Waals surface area contributed by atoms with Crippen LogP contribution in [-0.2, 0) is 6.54 Å². The van der Waals surface area contributed by atoms with Gasteiger partial charge in [-0.3, -0.25) is 0 Å². The Morgan fingerprint density at radius 2 is 2.07 bits per heavy atom. The molecule has 4 heteroatoms. The van der Waals surface area contributed by atoms with Gasteiger partial charge in [0.2, 0.25) is 0 Å². The molecule has 4 nitrogen and oxygen atoms in total. The summed E-state index contributed by atoms with van der Waals surface area (Å²) in [5.41, 5.74) is 7.50. The second-order valence-corrected chi connectivity index (χ2v) is 3.30. The van der Waals surface area contributed by atoms with Crippen LogP contribution in [0.1, 0.15) is 12.8 Å². The van der Waals surface area contributed by atoms with E-state index in [-0.39, 0.29) is 0 Å². The number of aromatic nitrogens is 3. The second-order valence-electron chi connectivity index (χ2n) is 3.30. The zero-order chi connectivity index (χ0) is 9.80. The summed E-state index contributed by atoms with van der Waals surface area (Å²) in [6.45, 7) is 1.64. The van der Waals surface area contributed by atoms with E-state index in [1.54, 1.807) is 0 Å². The number of nitrogens with zero attached hydrogens (tertiary/aromatic N) is 3. The fourth-order valence-corrected chi connectivity index (χ4v) is 1.49. The normalized spacial score (nSPS) is 10.9. The number of nitrogens with two attached hydrogens (primary N) is 1. The number of fused-ring (bicyclic) bond motifs is 1. The van der Waals surface area contributed by atoms with Gasteiger partial charge >= 0.3 is 0 Å². The van der Waals surface area contributed by atoms with Crippen LogP contribution in [0, 0.1) is 0 Å². The van der Waals surface area contributed by atoms with Crippen molar-refractivity contribution in [2.45, 2.75) is 19.4 Å². The van der Waals surface area contributed by atoms with E-state index in [2.05, 4.69) is 10.3 Å². The number of hydrogen-bond acceptors (Lipinski definition) is 3. The molecule has 1 aromatic carbocycles. The van der Waals surface area contributed by atoms with Gasteiger partial charge in [-0.2, -0.15) is 0 Å². The summed E-state index contributed by atoms with van der Waals surface area (Å²) in [5.74, 6) is 0. The molecule has 0 spiro atoms. The highest BCUT2D eigenvalue weighted by molar-refractivity contribution is 5.73. The third-order valence-electron chi connectivity index (χ3n) is 2.24. The van der Waals surface area contributed by atoms with E-state index in [0.29, 0.717) is 0 Å². The number of unbranched alkanes of at least 4 members (excludes halogenated alkanes) is 1. The summed E-state index contributed by atoms with van der Waals surface area (Å²) in [7, 11) is 0. The van der Waals surface area contributed by atoms with E-state index in [1.807, 2.05) is 28.9 Å². The molecule has 1 aromatic heterocycles. The predicted molar refractivity (Wildman–Crippen MR) is 55.8 cm³/mol. The van der Waals surface area contributed by atoms with Crippen molar-refractivity contribution >= 4 is 11.0 Å². The average Bonchev–Trinajstić information content (AvgIpc) is 2.63.